The zero-order valence-electron chi connectivity index (χ0n) is 8.08. The maximum atomic E-state index is 9.96. The van der Waals surface area contributed by atoms with Gasteiger partial charge in [-0.25, -0.2) is 0 Å². The summed E-state index contributed by atoms with van der Waals surface area (Å²) in [6.07, 6.45) is 0. The smallest absolute Gasteiger partial charge is 0.826 e. The zero-order valence-corrected chi connectivity index (χ0v) is 14.1. The summed E-state index contributed by atoms with van der Waals surface area (Å²) >= 11 is 0. The molecule has 5 nitrogen and oxygen atoms in total. The van der Waals surface area contributed by atoms with E-state index in [4.69, 9.17) is 4.80 Å². The molecule has 0 atom stereocenters. The molecule has 0 heterocycles. The first-order valence-electron chi connectivity index (χ1n) is 2.71. The molecule has 0 spiro atoms. The molecule has 0 saturated heterocycles. The summed E-state index contributed by atoms with van der Waals surface area (Å²) in [6, 6.07) is 0. The van der Waals surface area contributed by atoms with Crippen molar-refractivity contribution >= 4 is 17.4 Å². The summed E-state index contributed by atoms with van der Waals surface area (Å²) in [5.74, 6) is 0. The van der Waals surface area contributed by atoms with Crippen LogP contribution < -0.4 is 68.7 Å². The summed E-state index contributed by atoms with van der Waals surface area (Å²) < 4.78 is 8.16. The first kappa shape index (κ1) is 19.8. The van der Waals surface area contributed by atoms with Gasteiger partial charge in [-0.15, -0.1) is 0 Å². The molecule has 9 heteroatoms. The van der Waals surface area contributed by atoms with Crippen LogP contribution in [-0.2, 0) is 9.15 Å². The summed E-state index contributed by atoms with van der Waals surface area (Å²) in [5.41, 5.74) is 0. The fourth-order valence-corrected chi connectivity index (χ4v) is 1.60. The maximum absolute atomic E-state index is 9.96. The van der Waals surface area contributed by atoms with E-state index in [1.807, 2.05) is 0 Å². The van der Waals surface area contributed by atoms with Gasteiger partial charge in [0, 0.05) is 0 Å². The Balaban J connectivity index is -0.000000405. The quantitative estimate of drug-likeness (QED) is 0.295. The van der Waals surface area contributed by atoms with E-state index in [1.54, 1.807) is 19.6 Å². The Kier molecular flexibility index (Phi) is 12.4. The molecule has 0 rings (SSSR count). The molecule has 12 heavy (non-hydrogen) atoms. The van der Waals surface area contributed by atoms with E-state index >= 15 is 0 Å². The Morgan fingerprint density at radius 1 is 1.00 bits per heavy atom. The fraction of sp³-hybridized carbons (Fsp3) is 1.00. The van der Waals surface area contributed by atoms with Crippen LogP contribution >= 0.6 is 0 Å². The molecule has 0 aliphatic rings. The SMILES string of the molecule is C[Si](C)(C)OO[Si]([O-])([O-])O.[Na+].[Na+]. The molecule has 0 aromatic rings. The molecule has 0 amide bonds. The van der Waals surface area contributed by atoms with Gasteiger partial charge in [-0.1, -0.05) is 0 Å². The van der Waals surface area contributed by atoms with E-state index in [-0.39, 0.29) is 59.1 Å². The van der Waals surface area contributed by atoms with Gasteiger partial charge >= 0.3 is 59.1 Å². The van der Waals surface area contributed by atoms with Crippen LogP contribution in [0.3, 0.4) is 0 Å². The van der Waals surface area contributed by atoms with Crippen molar-refractivity contribution in [2.45, 2.75) is 19.6 Å². The largest absolute Gasteiger partial charge is 1.00 e. The van der Waals surface area contributed by atoms with Gasteiger partial charge in [0.25, 0.3) is 0 Å². The van der Waals surface area contributed by atoms with Gasteiger partial charge in [0.1, 0.15) is 0 Å². The van der Waals surface area contributed by atoms with Gasteiger partial charge in [-0.05, 0) is 19.6 Å². The van der Waals surface area contributed by atoms with Crippen LogP contribution in [0.2, 0.25) is 19.6 Å². The third kappa shape index (κ3) is 18.1. The molecule has 0 aromatic carbocycles. The molecular weight excluding hydrogens is 218 g/mol. The Morgan fingerprint density at radius 3 is 1.42 bits per heavy atom. The van der Waals surface area contributed by atoms with Crippen LogP contribution in [-0.4, -0.2) is 22.2 Å². The van der Waals surface area contributed by atoms with Crippen molar-refractivity contribution in [2.24, 2.45) is 0 Å². The van der Waals surface area contributed by atoms with E-state index in [0.29, 0.717) is 0 Å². The van der Waals surface area contributed by atoms with Crippen LogP contribution in [0.25, 0.3) is 0 Å². The van der Waals surface area contributed by atoms with Crippen molar-refractivity contribution in [1.82, 2.24) is 0 Å². The maximum Gasteiger partial charge on any atom is 1.00 e. The molecule has 0 bridgehead atoms. The number of rotatable bonds is 3. The molecule has 0 saturated carbocycles. The first-order valence-corrected chi connectivity index (χ1v) is 7.79. The second-order valence-electron chi connectivity index (χ2n) is 2.80. The second kappa shape index (κ2) is 7.52. The monoisotopic (exact) mass is 228 g/mol. The Labute approximate surface area is 118 Å². The van der Waals surface area contributed by atoms with E-state index in [2.05, 4.69) is 9.15 Å². The van der Waals surface area contributed by atoms with E-state index < -0.39 is 17.4 Å². The summed E-state index contributed by atoms with van der Waals surface area (Å²) in [7, 11) is -6.97. The minimum atomic E-state index is -4.95. The fourth-order valence-electron chi connectivity index (χ4n) is 0.178. The van der Waals surface area contributed by atoms with Crippen molar-refractivity contribution in [1.29, 1.82) is 0 Å². The molecule has 0 aliphatic carbocycles. The van der Waals surface area contributed by atoms with Crippen molar-refractivity contribution < 1.29 is 82.7 Å². The van der Waals surface area contributed by atoms with Gasteiger partial charge in [0.2, 0.25) is 8.32 Å². The van der Waals surface area contributed by atoms with Gasteiger partial charge < -0.3 is 19.0 Å². The van der Waals surface area contributed by atoms with Crippen LogP contribution in [0.1, 0.15) is 0 Å². The molecule has 0 unspecified atom stereocenters. The molecular formula is C3H10Na2O5Si2. The normalized spacial score (nSPS) is 11.5. The van der Waals surface area contributed by atoms with E-state index in [9.17, 15) is 9.59 Å². The predicted molar refractivity (Wildman–Crippen MR) is 33.5 cm³/mol. The number of hydrogen-bond acceptors (Lipinski definition) is 5. The Hall–Kier alpha value is 2.23. The summed E-state index contributed by atoms with van der Waals surface area (Å²) in [6.45, 7) is 5.19. The van der Waals surface area contributed by atoms with Crippen LogP contribution in [0.5, 0.6) is 0 Å². The van der Waals surface area contributed by atoms with E-state index in [0.717, 1.165) is 0 Å². The van der Waals surface area contributed by atoms with Gasteiger partial charge in [0.15, 0.2) is 9.05 Å². The van der Waals surface area contributed by atoms with Gasteiger partial charge in [-0.2, -0.15) is 0 Å². The molecule has 1 N–H and O–H groups in total. The van der Waals surface area contributed by atoms with Gasteiger partial charge in [0.05, 0.1) is 0 Å². The minimum absolute atomic E-state index is 0. The van der Waals surface area contributed by atoms with Crippen LogP contribution in [0, 0.1) is 0 Å². The van der Waals surface area contributed by atoms with Crippen LogP contribution in [0.15, 0.2) is 0 Å². The zero-order chi connectivity index (χ0) is 8.41. The Morgan fingerprint density at radius 2 is 1.33 bits per heavy atom. The summed E-state index contributed by atoms with van der Waals surface area (Å²) in [4.78, 5) is 28.0. The minimum Gasteiger partial charge on any atom is -0.826 e. The predicted octanol–water partition coefficient (Wildman–Crippen LogP) is -8.07. The van der Waals surface area contributed by atoms with Crippen molar-refractivity contribution in [2.75, 3.05) is 0 Å². The average molecular weight is 228 g/mol. The number of hydrogen-bond donors (Lipinski definition) is 1. The third-order valence-corrected chi connectivity index (χ3v) is 1.44. The molecule has 0 fully saturated rings. The standard InChI is InChI=1S/C3H10O5Si2.2Na/c1-9(2,3)7-8-10(4,5)6;;/h4H,1-3H3;;/q-2;2*+1. The third-order valence-electron chi connectivity index (χ3n) is 0.397. The molecule has 0 aromatic heterocycles. The molecule has 0 radical (unpaired) electrons. The topological polar surface area (TPSA) is 84.8 Å². The van der Waals surface area contributed by atoms with Crippen LogP contribution in [0.4, 0.5) is 0 Å². The van der Waals surface area contributed by atoms with Gasteiger partial charge in [-0.3, -0.25) is 4.58 Å². The van der Waals surface area contributed by atoms with Crippen molar-refractivity contribution in [3.05, 3.63) is 0 Å². The first-order chi connectivity index (χ1) is 4.21. The molecule has 0 aliphatic heterocycles. The molecule has 62 valence electrons. The van der Waals surface area contributed by atoms with Crippen molar-refractivity contribution in [3.63, 3.8) is 0 Å². The Bertz CT molecular complexity index is 96.2. The van der Waals surface area contributed by atoms with E-state index in [1.165, 1.54) is 0 Å². The van der Waals surface area contributed by atoms with Crippen molar-refractivity contribution in [3.8, 4) is 0 Å². The average Bonchev–Trinajstić information content (AvgIpc) is 1.57. The summed E-state index contributed by atoms with van der Waals surface area (Å²) in [5, 5.41) is 0. The second-order valence-corrected chi connectivity index (χ2v) is 8.41.